The number of amides is 1. The molecule has 6 nitrogen and oxygen atoms in total. The number of hydrogen-bond donors (Lipinski definition) is 1. The number of likely N-dealkylation sites (tertiary alicyclic amines) is 1. The van der Waals surface area contributed by atoms with E-state index in [1.54, 1.807) is 7.11 Å². The van der Waals surface area contributed by atoms with Gasteiger partial charge in [-0.1, -0.05) is 42.5 Å². The Hall–Kier alpha value is -2.57. The van der Waals surface area contributed by atoms with Crippen molar-refractivity contribution in [1.82, 2.24) is 15.1 Å². The number of ether oxygens (including phenoxy) is 1. The minimum atomic E-state index is -0.0998. The molecule has 2 saturated heterocycles. The molecule has 1 atom stereocenters. The summed E-state index contributed by atoms with van der Waals surface area (Å²) in [6, 6.07) is 19.0. The predicted octanol–water partition coefficient (Wildman–Crippen LogP) is 2.99. The summed E-state index contributed by atoms with van der Waals surface area (Å²) in [6.07, 6.45) is 2.04. The number of hydrogen-bond acceptors (Lipinski definition) is 5. The molecule has 1 amide bonds. The third-order valence-corrected chi connectivity index (χ3v) is 6.85. The number of piperazine rings is 1. The maximum absolute atomic E-state index is 12.9. The number of benzene rings is 2. The van der Waals surface area contributed by atoms with Crippen molar-refractivity contribution in [2.45, 2.75) is 38.4 Å². The van der Waals surface area contributed by atoms with Crippen LogP contribution in [-0.4, -0.2) is 74.2 Å². The zero-order chi connectivity index (χ0) is 22.3. The topological polar surface area (TPSA) is 48.1 Å². The molecule has 0 saturated carbocycles. The molecule has 0 aliphatic carbocycles. The first-order chi connectivity index (χ1) is 15.6. The number of piperidine rings is 1. The summed E-state index contributed by atoms with van der Waals surface area (Å²) in [7, 11) is 1.72. The molecule has 32 heavy (non-hydrogen) atoms. The molecule has 2 aliphatic rings. The van der Waals surface area contributed by atoms with Crippen LogP contribution in [0.5, 0.6) is 5.75 Å². The number of carbonyl (C=O) groups excluding carboxylic acids is 1. The zero-order valence-electron chi connectivity index (χ0n) is 19.4. The van der Waals surface area contributed by atoms with Gasteiger partial charge in [0.25, 0.3) is 0 Å². The van der Waals surface area contributed by atoms with Crippen molar-refractivity contribution in [3.8, 4) is 5.75 Å². The number of nitrogens with one attached hydrogen (secondary N) is 1. The Morgan fingerprint density at radius 1 is 0.969 bits per heavy atom. The summed E-state index contributed by atoms with van der Waals surface area (Å²) in [5, 5.41) is 3.32. The van der Waals surface area contributed by atoms with Crippen molar-refractivity contribution < 1.29 is 9.53 Å². The molecule has 1 unspecified atom stereocenters. The lowest BCUT2D eigenvalue weighted by atomic mass is 10.0. The SMILES string of the molecule is COc1ccccc1N1CCN(C(C)C(=O)NC2CCN(Cc3ccccc3)CC2)CC1. The quantitative estimate of drug-likeness (QED) is 0.723. The van der Waals surface area contributed by atoms with Crippen LogP contribution in [0.2, 0.25) is 0 Å². The fourth-order valence-corrected chi connectivity index (χ4v) is 4.81. The number of carbonyl (C=O) groups is 1. The molecule has 0 radical (unpaired) electrons. The highest BCUT2D eigenvalue weighted by atomic mass is 16.5. The fourth-order valence-electron chi connectivity index (χ4n) is 4.81. The van der Waals surface area contributed by atoms with Crippen molar-refractivity contribution >= 4 is 11.6 Å². The molecule has 2 aromatic carbocycles. The molecular formula is C26H36N4O2. The van der Waals surface area contributed by atoms with Crippen LogP contribution in [0.25, 0.3) is 0 Å². The molecule has 2 fully saturated rings. The van der Waals surface area contributed by atoms with Gasteiger partial charge in [-0.3, -0.25) is 14.6 Å². The third kappa shape index (κ3) is 5.61. The summed E-state index contributed by atoms with van der Waals surface area (Å²) < 4.78 is 5.51. The average Bonchev–Trinajstić information content (AvgIpc) is 2.85. The van der Waals surface area contributed by atoms with E-state index in [1.807, 2.05) is 25.1 Å². The fraction of sp³-hybridized carbons (Fsp3) is 0.500. The summed E-state index contributed by atoms with van der Waals surface area (Å²) in [6.45, 7) is 8.65. The van der Waals surface area contributed by atoms with Crippen molar-refractivity contribution in [3.05, 3.63) is 60.2 Å². The van der Waals surface area contributed by atoms with Gasteiger partial charge in [0.05, 0.1) is 18.8 Å². The highest BCUT2D eigenvalue weighted by molar-refractivity contribution is 5.81. The Balaban J connectivity index is 1.21. The zero-order valence-corrected chi connectivity index (χ0v) is 19.4. The molecule has 6 heteroatoms. The van der Waals surface area contributed by atoms with Crippen LogP contribution in [0.1, 0.15) is 25.3 Å². The molecular weight excluding hydrogens is 400 g/mol. The molecule has 4 rings (SSSR count). The van der Waals surface area contributed by atoms with Crippen molar-refractivity contribution in [1.29, 1.82) is 0 Å². The number of para-hydroxylation sites is 2. The van der Waals surface area contributed by atoms with Crippen LogP contribution in [0.4, 0.5) is 5.69 Å². The lowest BCUT2D eigenvalue weighted by Crippen LogP contribution is -2.56. The monoisotopic (exact) mass is 436 g/mol. The first kappa shape index (κ1) is 22.6. The van der Waals surface area contributed by atoms with Gasteiger partial charge >= 0.3 is 0 Å². The first-order valence-corrected chi connectivity index (χ1v) is 11.8. The lowest BCUT2D eigenvalue weighted by molar-refractivity contribution is -0.127. The smallest absolute Gasteiger partial charge is 0.237 e. The van der Waals surface area contributed by atoms with Gasteiger partial charge in [-0.2, -0.15) is 0 Å². The number of rotatable bonds is 7. The van der Waals surface area contributed by atoms with E-state index in [2.05, 4.69) is 56.4 Å². The molecule has 2 aliphatic heterocycles. The Labute approximate surface area is 192 Å². The van der Waals surface area contributed by atoms with Crippen LogP contribution >= 0.6 is 0 Å². The molecule has 1 N–H and O–H groups in total. The Kier molecular flexibility index (Phi) is 7.66. The van der Waals surface area contributed by atoms with Crippen LogP contribution in [-0.2, 0) is 11.3 Å². The molecule has 0 bridgehead atoms. The van der Waals surface area contributed by atoms with Crippen molar-refractivity contribution in [2.24, 2.45) is 0 Å². The minimum absolute atomic E-state index is 0.0998. The van der Waals surface area contributed by atoms with Crippen molar-refractivity contribution in [2.75, 3.05) is 51.3 Å². The van der Waals surface area contributed by atoms with Gasteiger partial charge in [-0.15, -0.1) is 0 Å². The summed E-state index contributed by atoms with van der Waals surface area (Å²) in [4.78, 5) is 20.1. The number of methoxy groups -OCH3 is 1. The van der Waals surface area contributed by atoms with E-state index in [4.69, 9.17) is 4.74 Å². The lowest BCUT2D eigenvalue weighted by Gasteiger charge is -2.39. The molecule has 2 heterocycles. The third-order valence-electron chi connectivity index (χ3n) is 6.85. The standard InChI is InChI=1S/C26H36N4O2/c1-21(29-16-18-30(19-17-29)24-10-6-7-11-25(24)32-2)26(31)27-23-12-14-28(15-13-23)20-22-8-4-3-5-9-22/h3-11,21,23H,12-20H2,1-2H3,(H,27,31). The highest BCUT2D eigenvalue weighted by Crippen LogP contribution is 2.28. The van der Waals surface area contributed by atoms with Gasteiger partial charge in [0.1, 0.15) is 5.75 Å². The van der Waals surface area contributed by atoms with Crippen LogP contribution in [0.15, 0.2) is 54.6 Å². The Bertz CT molecular complexity index is 859. The maximum Gasteiger partial charge on any atom is 0.237 e. The van der Waals surface area contributed by atoms with E-state index in [1.165, 1.54) is 5.56 Å². The highest BCUT2D eigenvalue weighted by Gasteiger charge is 2.28. The number of anilines is 1. The van der Waals surface area contributed by atoms with Crippen LogP contribution in [0, 0.1) is 0 Å². The van der Waals surface area contributed by atoms with Gasteiger partial charge in [-0.05, 0) is 37.5 Å². The summed E-state index contributed by atoms with van der Waals surface area (Å²) in [5.74, 6) is 1.07. The molecule has 0 aromatic heterocycles. The Morgan fingerprint density at radius 2 is 1.62 bits per heavy atom. The summed E-state index contributed by atoms with van der Waals surface area (Å²) >= 11 is 0. The van der Waals surface area contributed by atoms with E-state index >= 15 is 0 Å². The van der Waals surface area contributed by atoms with Gasteiger partial charge in [-0.25, -0.2) is 0 Å². The first-order valence-electron chi connectivity index (χ1n) is 11.8. The van der Waals surface area contributed by atoms with Gasteiger partial charge < -0.3 is 15.0 Å². The normalized spacial score (nSPS) is 19.5. The Morgan fingerprint density at radius 3 is 2.31 bits per heavy atom. The van der Waals surface area contributed by atoms with Gasteiger partial charge in [0.2, 0.25) is 5.91 Å². The summed E-state index contributed by atoms with van der Waals surface area (Å²) in [5.41, 5.74) is 2.49. The second-order valence-electron chi connectivity index (χ2n) is 8.92. The second-order valence-corrected chi connectivity index (χ2v) is 8.92. The van der Waals surface area contributed by atoms with Crippen molar-refractivity contribution in [3.63, 3.8) is 0 Å². The van der Waals surface area contributed by atoms with Gasteiger partial charge in [0.15, 0.2) is 0 Å². The predicted molar refractivity (Wildman–Crippen MR) is 129 cm³/mol. The maximum atomic E-state index is 12.9. The van der Waals surface area contributed by atoms with Crippen LogP contribution in [0.3, 0.4) is 0 Å². The molecule has 2 aromatic rings. The largest absolute Gasteiger partial charge is 0.495 e. The van der Waals surface area contributed by atoms with E-state index in [0.29, 0.717) is 0 Å². The second kappa shape index (κ2) is 10.8. The molecule has 0 spiro atoms. The van der Waals surface area contributed by atoms with Crippen LogP contribution < -0.4 is 15.0 Å². The molecule has 172 valence electrons. The van der Waals surface area contributed by atoms with E-state index < -0.39 is 0 Å². The number of nitrogens with zero attached hydrogens (tertiary/aromatic N) is 3. The van der Waals surface area contributed by atoms with E-state index in [0.717, 1.165) is 70.1 Å². The van der Waals surface area contributed by atoms with Gasteiger partial charge in [0, 0.05) is 51.9 Å². The average molecular weight is 437 g/mol. The minimum Gasteiger partial charge on any atom is -0.495 e. The van der Waals surface area contributed by atoms with E-state index in [9.17, 15) is 4.79 Å². The van der Waals surface area contributed by atoms with E-state index in [-0.39, 0.29) is 18.0 Å².